The number of rotatable bonds is 5. The summed E-state index contributed by atoms with van der Waals surface area (Å²) in [4.78, 5) is 0. The van der Waals surface area contributed by atoms with Crippen LogP contribution >= 0.6 is 0 Å². The van der Waals surface area contributed by atoms with Crippen LogP contribution in [-0.4, -0.2) is 27.1 Å². The fourth-order valence-electron chi connectivity index (χ4n) is 1.54. The van der Waals surface area contributed by atoms with E-state index < -0.39 is 14.4 Å². The van der Waals surface area contributed by atoms with Gasteiger partial charge in [0.25, 0.3) is 0 Å². The molecule has 4 heteroatoms. The van der Waals surface area contributed by atoms with Crippen molar-refractivity contribution >= 4 is 8.32 Å². The number of aliphatic hydroxyl groups excluding tert-OH is 1. The first-order valence-corrected chi connectivity index (χ1v) is 9.55. The molecule has 19 heavy (non-hydrogen) atoms. The second-order valence-electron chi connectivity index (χ2n) is 6.33. The van der Waals surface area contributed by atoms with Gasteiger partial charge in [-0.1, -0.05) is 39.0 Å². The minimum Gasteiger partial charge on any atom is -0.496 e. The van der Waals surface area contributed by atoms with E-state index in [1.807, 2.05) is 24.3 Å². The Morgan fingerprint density at radius 1 is 1.21 bits per heavy atom. The van der Waals surface area contributed by atoms with Crippen molar-refractivity contribution in [2.75, 3.05) is 13.7 Å². The fourth-order valence-corrected chi connectivity index (χ4v) is 2.54. The van der Waals surface area contributed by atoms with Crippen molar-refractivity contribution in [1.29, 1.82) is 0 Å². The van der Waals surface area contributed by atoms with Crippen LogP contribution in [0, 0.1) is 0 Å². The maximum Gasteiger partial charge on any atom is 0.192 e. The van der Waals surface area contributed by atoms with Crippen molar-refractivity contribution in [3.8, 4) is 5.75 Å². The van der Waals surface area contributed by atoms with Crippen LogP contribution in [0.2, 0.25) is 18.1 Å². The molecule has 0 spiro atoms. The minimum atomic E-state index is -1.83. The zero-order valence-corrected chi connectivity index (χ0v) is 13.9. The molecular weight excluding hydrogens is 256 g/mol. The van der Waals surface area contributed by atoms with Gasteiger partial charge in [-0.3, -0.25) is 0 Å². The van der Waals surface area contributed by atoms with E-state index in [9.17, 15) is 5.11 Å². The standard InChI is InChI=1S/C15H26O3Si/c1-15(2,3)19(5,6)18-11-13(16)12-9-7-8-10-14(12)17-4/h7-10,13,16H,11H2,1-6H3/t13-/m1/s1. The summed E-state index contributed by atoms with van der Waals surface area (Å²) in [6.45, 7) is 11.2. The molecule has 1 aromatic rings. The molecule has 1 N–H and O–H groups in total. The van der Waals surface area contributed by atoms with Gasteiger partial charge in [0, 0.05) is 5.56 Å². The number of hydrogen-bond acceptors (Lipinski definition) is 3. The lowest BCUT2D eigenvalue weighted by atomic mass is 10.1. The normalized spacial score (nSPS) is 14.3. The average molecular weight is 282 g/mol. The van der Waals surface area contributed by atoms with Crippen LogP contribution in [0.4, 0.5) is 0 Å². The highest BCUT2D eigenvalue weighted by Crippen LogP contribution is 2.37. The molecule has 0 heterocycles. The third-order valence-electron chi connectivity index (χ3n) is 3.91. The lowest BCUT2D eigenvalue weighted by Gasteiger charge is -2.36. The molecule has 0 aromatic heterocycles. The van der Waals surface area contributed by atoms with E-state index >= 15 is 0 Å². The fraction of sp³-hybridized carbons (Fsp3) is 0.600. The summed E-state index contributed by atoms with van der Waals surface area (Å²) in [7, 11) is -0.218. The maximum absolute atomic E-state index is 10.3. The third kappa shape index (κ3) is 4.06. The zero-order chi connectivity index (χ0) is 14.7. The molecule has 0 aliphatic heterocycles. The summed E-state index contributed by atoms with van der Waals surface area (Å²) in [5.74, 6) is 0.703. The van der Waals surface area contributed by atoms with Gasteiger partial charge >= 0.3 is 0 Å². The molecule has 0 unspecified atom stereocenters. The van der Waals surface area contributed by atoms with Crippen LogP contribution in [0.5, 0.6) is 5.75 Å². The lowest BCUT2D eigenvalue weighted by molar-refractivity contribution is 0.0980. The Bertz CT molecular complexity index is 410. The average Bonchev–Trinajstić information content (AvgIpc) is 2.34. The van der Waals surface area contributed by atoms with Crippen molar-refractivity contribution in [3.05, 3.63) is 29.8 Å². The van der Waals surface area contributed by atoms with Crippen LogP contribution < -0.4 is 4.74 Å². The number of benzene rings is 1. The van der Waals surface area contributed by atoms with E-state index in [-0.39, 0.29) is 5.04 Å². The molecule has 0 saturated heterocycles. The Morgan fingerprint density at radius 3 is 2.32 bits per heavy atom. The molecule has 1 aromatic carbocycles. The summed E-state index contributed by atoms with van der Waals surface area (Å²) in [5.41, 5.74) is 0.781. The molecule has 1 atom stereocenters. The predicted octanol–water partition coefficient (Wildman–Crippen LogP) is 3.75. The largest absolute Gasteiger partial charge is 0.496 e. The number of para-hydroxylation sites is 1. The van der Waals surface area contributed by atoms with E-state index in [1.54, 1.807) is 7.11 Å². The second-order valence-corrected chi connectivity index (χ2v) is 11.1. The lowest BCUT2D eigenvalue weighted by Crippen LogP contribution is -2.41. The van der Waals surface area contributed by atoms with Gasteiger partial charge < -0.3 is 14.3 Å². The first-order chi connectivity index (χ1) is 8.69. The molecule has 3 nitrogen and oxygen atoms in total. The van der Waals surface area contributed by atoms with Crippen molar-refractivity contribution in [2.45, 2.75) is 45.0 Å². The molecule has 0 bridgehead atoms. The van der Waals surface area contributed by atoms with Crippen LogP contribution in [0.15, 0.2) is 24.3 Å². The monoisotopic (exact) mass is 282 g/mol. The number of methoxy groups -OCH3 is 1. The zero-order valence-electron chi connectivity index (χ0n) is 12.9. The molecular formula is C15H26O3Si. The van der Waals surface area contributed by atoms with Gasteiger partial charge in [-0.2, -0.15) is 0 Å². The van der Waals surface area contributed by atoms with Crippen molar-refractivity contribution in [1.82, 2.24) is 0 Å². The van der Waals surface area contributed by atoms with Gasteiger partial charge in [-0.15, -0.1) is 0 Å². The summed E-state index contributed by atoms with van der Waals surface area (Å²) in [6.07, 6.45) is -0.648. The highest BCUT2D eigenvalue weighted by molar-refractivity contribution is 6.74. The van der Waals surface area contributed by atoms with Gasteiger partial charge in [0.05, 0.1) is 13.7 Å². The van der Waals surface area contributed by atoms with Gasteiger partial charge in [0.15, 0.2) is 8.32 Å². The van der Waals surface area contributed by atoms with Crippen LogP contribution in [0.1, 0.15) is 32.4 Å². The molecule has 0 fully saturated rings. The summed E-state index contributed by atoms with van der Waals surface area (Å²) in [6, 6.07) is 7.51. The quantitative estimate of drug-likeness (QED) is 0.836. The van der Waals surface area contributed by atoms with Gasteiger partial charge in [0.1, 0.15) is 11.9 Å². The minimum absolute atomic E-state index is 0.146. The summed E-state index contributed by atoms with van der Waals surface area (Å²) in [5, 5.41) is 10.4. The predicted molar refractivity (Wildman–Crippen MR) is 81.1 cm³/mol. The maximum atomic E-state index is 10.3. The molecule has 1 rings (SSSR count). The van der Waals surface area contributed by atoms with E-state index in [0.717, 1.165) is 5.56 Å². The van der Waals surface area contributed by atoms with E-state index in [4.69, 9.17) is 9.16 Å². The molecule has 0 radical (unpaired) electrons. The summed E-state index contributed by atoms with van der Waals surface area (Å²) < 4.78 is 11.3. The first kappa shape index (κ1) is 16.2. The molecule has 0 saturated carbocycles. The Morgan fingerprint density at radius 2 is 1.79 bits per heavy atom. The Balaban J connectivity index is 2.73. The third-order valence-corrected chi connectivity index (χ3v) is 8.41. The topological polar surface area (TPSA) is 38.7 Å². The van der Waals surface area contributed by atoms with E-state index in [2.05, 4.69) is 33.9 Å². The molecule has 0 aliphatic carbocycles. The Labute approximate surface area is 117 Å². The van der Waals surface area contributed by atoms with Crippen LogP contribution in [0.25, 0.3) is 0 Å². The highest BCUT2D eigenvalue weighted by Gasteiger charge is 2.37. The van der Waals surface area contributed by atoms with Crippen molar-refractivity contribution in [3.63, 3.8) is 0 Å². The van der Waals surface area contributed by atoms with Crippen molar-refractivity contribution < 1.29 is 14.3 Å². The van der Waals surface area contributed by atoms with E-state index in [0.29, 0.717) is 12.4 Å². The smallest absolute Gasteiger partial charge is 0.192 e. The number of ether oxygens (including phenoxy) is 1. The Hall–Kier alpha value is -0.843. The van der Waals surface area contributed by atoms with Gasteiger partial charge in [0.2, 0.25) is 0 Å². The highest BCUT2D eigenvalue weighted by atomic mass is 28.4. The second kappa shape index (κ2) is 6.07. The number of aliphatic hydroxyl groups is 1. The molecule has 108 valence electrons. The van der Waals surface area contributed by atoms with Crippen molar-refractivity contribution in [2.24, 2.45) is 0 Å². The van der Waals surface area contributed by atoms with E-state index in [1.165, 1.54) is 0 Å². The van der Waals surface area contributed by atoms with Gasteiger partial charge in [-0.25, -0.2) is 0 Å². The summed E-state index contributed by atoms with van der Waals surface area (Å²) >= 11 is 0. The SMILES string of the molecule is COc1ccccc1[C@H](O)CO[Si](C)(C)C(C)(C)C. The Kier molecular flexibility index (Phi) is 5.18. The molecule has 0 aliphatic rings. The van der Waals surface area contributed by atoms with Crippen LogP contribution in [0.3, 0.4) is 0 Å². The molecule has 0 amide bonds. The van der Waals surface area contributed by atoms with Gasteiger partial charge in [-0.05, 0) is 24.2 Å². The van der Waals surface area contributed by atoms with Crippen LogP contribution in [-0.2, 0) is 4.43 Å². The number of hydrogen-bond donors (Lipinski definition) is 1. The first-order valence-electron chi connectivity index (χ1n) is 6.64.